The second-order valence-electron chi connectivity index (χ2n) is 7.24. The van der Waals surface area contributed by atoms with Gasteiger partial charge in [0.05, 0.1) is 26.3 Å². The number of nitrogens with zero attached hydrogens (tertiary/aromatic N) is 2. The molecule has 1 fully saturated rings. The zero-order valence-electron chi connectivity index (χ0n) is 16.1. The number of morpholine rings is 1. The molecule has 4 rings (SSSR count). The summed E-state index contributed by atoms with van der Waals surface area (Å²) in [5, 5.41) is 3.02. The molecular weight excluding hydrogens is 354 g/mol. The molecule has 1 N–H and O–H groups in total. The Balaban J connectivity index is 1.39. The number of hydrogen-bond acceptors (Lipinski definition) is 4. The van der Waals surface area contributed by atoms with Crippen LogP contribution in [0.1, 0.15) is 16.7 Å². The molecule has 1 saturated heterocycles. The molecule has 2 aliphatic rings. The van der Waals surface area contributed by atoms with E-state index in [9.17, 15) is 4.79 Å². The highest BCUT2D eigenvalue weighted by Crippen LogP contribution is 2.25. The van der Waals surface area contributed by atoms with E-state index in [0.717, 1.165) is 49.7 Å². The van der Waals surface area contributed by atoms with Crippen molar-refractivity contribution in [1.29, 1.82) is 0 Å². The van der Waals surface area contributed by atoms with E-state index in [1.807, 2.05) is 41.3 Å². The Morgan fingerprint density at radius 1 is 0.964 bits per heavy atom. The first-order chi connectivity index (χ1) is 13.8. The SMILES string of the molecule is O=C(NCc1ccccc1)N1CCOc2ccc(CN3CCOCC3)cc2C1. The van der Waals surface area contributed by atoms with Gasteiger partial charge in [-0.15, -0.1) is 0 Å². The normalized spacial score (nSPS) is 17.4. The Hall–Kier alpha value is -2.57. The predicted molar refractivity (Wildman–Crippen MR) is 107 cm³/mol. The summed E-state index contributed by atoms with van der Waals surface area (Å²) < 4.78 is 11.3. The van der Waals surface area contributed by atoms with Crippen molar-refractivity contribution < 1.29 is 14.3 Å². The van der Waals surface area contributed by atoms with E-state index in [-0.39, 0.29) is 6.03 Å². The Bertz CT molecular complexity index is 791. The average molecular weight is 381 g/mol. The maximum Gasteiger partial charge on any atom is 0.318 e. The molecule has 2 heterocycles. The van der Waals surface area contributed by atoms with Gasteiger partial charge >= 0.3 is 6.03 Å². The van der Waals surface area contributed by atoms with E-state index >= 15 is 0 Å². The molecule has 2 aliphatic heterocycles. The van der Waals surface area contributed by atoms with Crippen molar-refractivity contribution in [3.8, 4) is 5.75 Å². The van der Waals surface area contributed by atoms with Gasteiger partial charge in [-0.2, -0.15) is 0 Å². The average Bonchev–Trinajstić information content (AvgIpc) is 2.96. The third-order valence-electron chi connectivity index (χ3n) is 5.19. The van der Waals surface area contributed by atoms with Crippen molar-refractivity contribution in [2.75, 3.05) is 39.5 Å². The van der Waals surface area contributed by atoms with Crippen molar-refractivity contribution in [2.24, 2.45) is 0 Å². The highest BCUT2D eigenvalue weighted by atomic mass is 16.5. The number of benzene rings is 2. The number of rotatable bonds is 4. The van der Waals surface area contributed by atoms with Crippen LogP contribution >= 0.6 is 0 Å². The van der Waals surface area contributed by atoms with Gasteiger partial charge in [0, 0.05) is 31.7 Å². The molecule has 0 radical (unpaired) electrons. The summed E-state index contributed by atoms with van der Waals surface area (Å²) in [7, 11) is 0. The van der Waals surface area contributed by atoms with Gasteiger partial charge in [-0.1, -0.05) is 36.4 Å². The second kappa shape index (κ2) is 9.08. The number of nitrogens with one attached hydrogen (secondary N) is 1. The quantitative estimate of drug-likeness (QED) is 0.885. The van der Waals surface area contributed by atoms with E-state index in [1.165, 1.54) is 5.56 Å². The molecule has 0 atom stereocenters. The van der Waals surface area contributed by atoms with Gasteiger partial charge in [0.2, 0.25) is 0 Å². The van der Waals surface area contributed by atoms with Crippen molar-refractivity contribution in [1.82, 2.24) is 15.1 Å². The maximum absolute atomic E-state index is 12.7. The van der Waals surface area contributed by atoms with Gasteiger partial charge in [-0.25, -0.2) is 4.79 Å². The van der Waals surface area contributed by atoms with Crippen LogP contribution < -0.4 is 10.1 Å². The van der Waals surface area contributed by atoms with Crippen LogP contribution in [-0.4, -0.2) is 55.3 Å². The minimum atomic E-state index is -0.0566. The maximum atomic E-state index is 12.7. The first-order valence-electron chi connectivity index (χ1n) is 9.89. The van der Waals surface area contributed by atoms with Crippen LogP contribution in [0.25, 0.3) is 0 Å². The van der Waals surface area contributed by atoms with Crippen molar-refractivity contribution in [3.05, 3.63) is 65.2 Å². The summed E-state index contributed by atoms with van der Waals surface area (Å²) in [4.78, 5) is 16.9. The second-order valence-corrected chi connectivity index (χ2v) is 7.24. The lowest BCUT2D eigenvalue weighted by atomic mass is 10.1. The highest BCUT2D eigenvalue weighted by Gasteiger charge is 2.20. The van der Waals surface area contributed by atoms with Crippen LogP contribution in [0, 0.1) is 0 Å². The van der Waals surface area contributed by atoms with Gasteiger partial charge in [0.25, 0.3) is 0 Å². The van der Waals surface area contributed by atoms with Crippen molar-refractivity contribution in [2.45, 2.75) is 19.6 Å². The number of ether oxygens (including phenoxy) is 2. The number of carbonyl (C=O) groups is 1. The van der Waals surface area contributed by atoms with Crippen LogP contribution in [0.2, 0.25) is 0 Å². The fraction of sp³-hybridized carbons (Fsp3) is 0.409. The molecule has 6 nitrogen and oxygen atoms in total. The topological polar surface area (TPSA) is 54.0 Å². The molecule has 6 heteroatoms. The fourth-order valence-corrected chi connectivity index (χ4v) is 3.62. The molecule has 0 bridgehead atoms. The molecule has 0 aliphatic carbocycles. The number of amides is 2. The number of urea groups is 1. The number of carbonyl (C=O) groups excluding carboxylic acids is 1. The van der Waals surface area contributed by atoms with E-state index in [4.69, 9.17) is 9.47 Å². The summed E-state index contributed by atoms with van der Waals surface area (Å²) in [6.07, 6.45) is 0. The molecule has 0 spiro atoms. The van der Waals surface area contributed by atoms with Gasteiger partial charge in [0.1, 0.15) is 12.4 Å². The fourth-order valence-electron chi connectivity index (χ4n) is 3.62. The predicted octanol–water partition coefficient (Wildman–Crippen LogP) is 2.62. The van der Waals surface area contributed by atoms with E-state index < -0.39 is 0 Å². The Morgan fingerprint density at radius 3 is 2.61 bits per heavy atom. The van der Waals surface area contributed by atoms with E-state index in [2.05, 4.69) is 22.3 Å². The third-order valence-corrected chi connectivity index (χ3v) is 5.19. The lowest BCUT2D eigenvalue weighted by Gasteiger charge is -2.27. The van der Waals surface area contributed by atoms with Crippen LogP contribution in [0.5, 0.6) is 5.75 Å². The van der Waals surface area contributed by atoms with Gasteiger partial charge < -0.3 is 19.7 Å². The largest absolute Gasteiger partial charge is 0.491 e. The van der Waals surface area contributed by atoms with Crippen LogP contribution in [0.3, 0.4) is 0 Å². The minimum absolute atomic E-state index is 0.0566. The number of hydrogen-bond donors (Lipinski definition) is 1. The molecule has 0 aromatic heterocycles. The molecule has 2 aromatic carbocycles. The molecular formula is C22H27N3O3. The molecule has 28 heavy (non-hydrogen) atoms. The molecule has 0 unspecified atom stereocenters. The van der Waals surface area contributed by atoms with Gasteiger partial charge in [0.15, 0.2) is 0 Å². The third kappa shape index (κ3) is 4.82. The van der Waals surface area contributed by atoms with Crippen LogP contribution in [0.4, 0.5) is 4.79 Å². The minimum Gasteiger partial charge on any atom is -0.491 e. The van der Waals surface area contributed by atoms with Crippen molar-refractivity contribution >= 4 is 6.03 Å². The first kappa shape index (κ1) is 18.8. The Kier molecular flexibility index (Phi) is 6.09. The van der Waals surface area contributed by atoms with Crippen LogP contribution in [-0.2, 0) is 24.4 Å². The zero-order valence-corrected chi connectivity index (χ0v) is 16.1. The Morgan fingerprint density at radius 2 is 1.79 bits per heavy atom. The smallest absolute Gasteiger partial charge is 0.318 e. The summed E-state index contributed by atoms with van der Waals surface area (Å²) in [5.74, 6) is 0.879. The van der Waals surface area contributed by atoms with E-state index in [1.54, 1.807) is 0 Å². The number of fused-ring (bicyclic) bond motifs is 1. The standard InChI is InChI=1S/C22H27N3O3/c26-22(23-15-18-4-2-1-3-5-18)25-10-13-28-21-7-6-19(14-20(21)17-25)16-24-8-11-27-12-9-24/h1-7,14H,8-13,15-17H2,(H,23,26). The summed E-state index contributed by atoms with van der Waals surface area (Å²) >= 11 is 0. The highest BCUT2D eigenvalue weighted by molar-refractivity contribution is 5.74. The first-order valence-corrected chi connectivity index (χ1v) is 9.89. The summed E-state index contributed by atoms with van der Waals surface area (Å²) in [6.45, 7) is 6.59. The van der Waals surface area contributed by atoms with E-state index in [0.29, 0.717) is 26.2 Å². The molecule has 148 valence electrons. The zero-order chi connectivity index (χ0) is 19.2. The monoisotopic (exact) mass is 381 g/mol. The molecule has 2 aromatic rings. The summed E-state index contributed by atoms with van der Waals surface area (Å²) in [6, 6.07) is 16.2. The lowest BCUT2D eigenvalue weighted by Crippen LogP contribution is -2.40. The lowest BCUT2D eigenvalue weighted by molar-refractivity contribution is 0.0342. The summed E-state index contributed by atoms with van der Waals surface area (Å²) in [5.41, 5.74) is 3.41. The van der Waals surface area contributed by atoms with Crippen LogP contribution in [0.15, 0.2) is 48.5 Å². The Labute approximate surface area is 166 Å². The van der Waals surface area contributed by atoms with Crippen molar-refractivity contribution in [3.63, 3.8) is 0 Å². The molecule has 0 saturated carbocycles. The van der Waals surface area contributed by atoms with Gasteiger partial charge in [-0.05, 0) is 23.3 Å². The van der Waals surface area contributed by atoms with Gasteiger partial charge in [-0.3, -0.25) is 4.90 Å². The molecule has 2 amide bonds.